The van der Waals surface area contributed by atoms with Crippen molar-refractivity contribution in [1.29, 1.82) is 0 Å². The van der Waals surface area contributed by atoms with E-state index in [1.165, 1.54) is 18.1 Å². The van der Waals surface area contributed by atoms with Gasteiger partial charge in [0.15, 0.2) is 0 Å². The van der Waals surface area contributed by atoms with Crippen molar-refractivity contribution in [3.63, 3.8) is 0 Å². The van der Waals surface area contributed by atoms with Crippen LogP contribution in [0.15, 0.2) is 36.4 Å². The predicted molar refractivity (Wildman–Crippen MR) is 91.6 cm³/mol. The maximum atomic E-state index is 11.0. The molecule has 23 heavy (non-hydrogen) atoms. The average molecular weight is 308 g/mol. The number of ether oxygens (including phenoxy) is 2. The zero-order valence-corrected chi connectivity index (χ0v) is 13.8. The fourth-order valence-electron chi connectivity index (χ4n) is 2.81. The van der Waals surface area contributed by atoms with Crippen LogP contribution in [0.4, 0.5) is 0 Å². The maximum absolute atomic E-state index is 11.0. The van der Waals surface area contributed by atoms with Gasteiger partial charge in [-0.15, -0.1) is 0 Å². The number of carbonyl (C=O) groups is 1. The molecule has 1 unspecified atom stereocenters. The average Bonchev–Trinajstić information content (AvgIpc) is 2.51. The third-order valence-electron chi connectivity index (χ3n) is 4.20. The lowest BCUT2D eigenvalue weighted by Gasteiger charge is -2.27. The van der Waals surface area contributed by atoms with Crippen molar-refractivity contribution in [1.82, 2.24) is 0 Å². The van der Waals surface area contributed by atoms with E-state index in [0.717, 1.165) is 22.4 Å². The molecule has 3 heteroatoms. The van der Waals surface area contributed by atoms with Crippen LogP contribution in [0.3, 0.4) is 0 Å². The van der Waals surface area contributed by atoms with Crippen molar-refractivity contribution in [3.8, 4) is 11.5 Å². The first-order valence-corrected chi connectivity index (χ1v) is 7.73. The van der Waals surface area contributed by atoms with Gasteiger partial charge < -0.3 is 9.47 Å². The molecule has 0 radical (unpaired) electrons. The number of benzene rings is 2. The number of rotatable bonds is 2. The fourth-order valence-corrected chi connectivity index (χ4v) is 2.81. The summed E-state index contributed by atoms with van der Waals surface area (Å²) in [5.74, 6) is 1.21. The Morgan fingerprint density at radius 2 is 1.78 bits per heavy atom. The lowest BCUT2D eigenvalue weighted by Crippen LogP contribution is -2.19. The maximum Gasteiger partial charge on any atom is 0.308 e. The largest absolute Gasteiger partial charge is 0.485 e. The summed E-state index contributed by atoms with van der Waals surface area (Å²) in [6.45, 7) is 7.63. The van der Waals surface area contributed by atoms with Crippen LogP contribution in [-0.2, 0) is 4.79 Å². The molecule has 0 aromatic heterocycles. The second kappa shape index (κ2) is 5.92. The van der Waals surface area contributed by atoms with Gasteiger partial charge in [-0.3, -0.25) is 4.79 Å². The van der Waals surface area contributed by atoms with E-state index < -0.39 is 0 Å². The molecular weight excluding hydrogens is 288 g/mol. The van der Waals surface area contributed by atoms with Crippen LogP contribution >= 0.6 is 0 Å². The van der Waals surface area contributed by atoms with Crippen molar-refractivity contribution in [2.75, 3.05) is 0 Å². The Kier molecular flexibility index (Phi) is 3.95. The monoisotopic (exact) mass is 308 g/mol. The van der Waals surface area contributed by atoms with Crippen molar-refractivity contribution in [2.45, 2.75) is 33.8 Å². The lowest BCUT2D eigenvalue weighted by molar-refractivity contribution is -0.131. The smallest absolute Gasteiger partial charge is 0.308 e. The van der Waals surface area contributed by atoms with Gasteiger partial charge in [-0.1, -0.05) is 24.3 Å². The van der Waals surface area contributed by atoms with Crippen LogP contribution in [0.2, 0.25) is 0 Å². The molecule has 118 valence electrons. The van der Waals surface area contributed by atoms with E-state index in [9.17, 15) is 4.79 Å². The molecule has 0 fully saturated rings. The van der Waals surface area contributed by atoms with Crippen LogP contribution in [0.5, 0.6) is 11.5 Å². The Balaban J connectivity index is 1.97. The van der Waals surface area contributed by atoms with Crippen LogP contribution in [0.25, 0.3) is 11.6 Å². The van der Waals surface area contributed by atoms with E-state index in [1.807, 2.05) is 12.1 Å². The second-order valence-electron chi connectivity index (χ2n) is 5.90. The molecule has 0 saturated heterocycles. The summed E-state index contributed by atoms with van der Waals surface area (Å²) < 4.78 is 11.2. The van der Waals surface area contributed by atoms with Gasteiger partial charge in [0.25, 0.3) is 0 Å². The predicted octanol–water partition coefficient (Wildman–Crippen LogP) is 4.55. The summed E-state index contributed by atoms with van der Waals surface area (Å²) in [6, 6.07) is 11.7. The van der Waals surface area contributed by atoms with Crippen LogP contribution < -0.4 is 9.47 Å². The van der Waals surface area contributed by atoms with E-state index in [-0.39, 0.29) is 12.1 Å². The summed E-state index contributed by atoms with van der Waals surface area (Å²) in [6.07, 6.45) is 2.15. The Labute approximate surface area is 136 Å². The van der Waals surface area contributed by atoms with E-state index in [4.69, 9.17) is 9.47 Å². The van der Waals surface area contributed by atoms with Crippen LogP contribution in [0, 0.1) is 13.8 Å². The Bertz CT molecular complexity index is 785. The SMILES string of the molecule is CC(=O)Oc1ccc(C2=Cc3ccc(C)c(C)c3OC2C)cc1. The highest BCUT2D eigenvalue weighted by atomic mass is 16.5. The molecule has 3 rings (SSSR count). The van der Waals surface area contributed by atoms with Gasteiger partial charge in [0.1, 0.15) is 17.6 Å². The normalized spacial score (nSPS) is 16.2. The summed E-state index contributed by atoms with van der Waals surface area (Å²) in [7, 11) is 0. The lowest BCUT2D eigenvalue weighted by atomic mass is 9.93. The number of esters is 1. The molecule has 1 heterocycles. The summed E-state index contributed by atoms with van der Waals surface area (Å²) in [5, 5.41) is 0. The molecule has 0 saturated carbocycles. The Hall–Kier alpha value is -2.55. The highest BCUT2D eigenvalue weighted by molar-refractivity contribution is 5.87. The van der Waals surface area contributed by atoms with Crippen LogP contribution in [-0.4, -0.2) is 12.1 Å². The molecule has 0 bridgehead atoms. The fraction of sp³-hybridized carbons (Fsp3) is 0.250. The Morgan fingerprint density at radius 1 is 1.09 bits per heavy atom. The summed E-state index contributed by atoms with van der Waals surface area (Å²) in [5.41, 5.74) is 5.71. The Morgan fingerprint density at radius 3 is 2.43 bits per heavy atom. The van der Waals surface area contributed by atoms with Gasteiger partial charge in [0, 0.05) is 12.5 Å². The summed E-state index contributed by atoms with van der Waals surface area (Å²) >= 11 is 0. The van der Waals surface area contributed by atoms with E-state index in [2.05, 4.69) is 39.0 Å². The molecule has 0 N–H and O–H groups in total. The minimum Gasteiger partial charge on any atom is -0.485 e. The first-order chi connectivity index (χ1) is 11.0. The van der Waals surface area contributed by atoms with Gasteiger partial charge in [0.2, 0.25) is 0 Å². The van der Waals surface area contributed by atoms with E-state index in [0.29, 0.717) is 5.75 Å². The van der Waals surface area contributed by atoms with Gasteiger partial charge in [-0.25, -0.2) is 0 Å². The van der Waals surface area contributed by atoms with Crippen molar-refractivity contribution < 1.29 is 14.3 Å². The zero-order valence-electron chi connectivity index (χ0n) is 13.8. The topological polar surface area (TPSA) is 35.5 Å². The highest BCUT2D eigenvalue weighted by Crippen LogP contribution is 2.37. The molecular formula is C20H20O3. The zero-order chi connectivity index (χ0) is 16.6. The molecule has 0 amide bonds. The first-order valence-electron chi connectivity index (χ1n) is 7.73. The molecule has 1 aliphatic rings. The quantitative estimate of drug-likeness (QED) is 0.603. The number of fused-ring (bicyclic) bond motifs is 1. The minimum absolute atomic E-state index is 0.0254. The van der Waals surface area contributed by atoms with Gasteiger partial charge >= 0.3 is 5.97 Å². The second-order valence-corrected chi connectivity index (χ2v) is 5.90. The van der Waals surface area contributed by atoms with Gasteiger partial charge in [0.05, 0.1) is 0 Å². The number of hydrogen-bond donors (Lipinski definition) is 0. The molecule has 0 spiro atoms. The molecule has 3 nitrogen and oxygen atoms in total. The number of carbonyl (C=O) groups excluding carboxylic acids is 1. The number of aryl methyl sites for hydroxylation is 1. The molecule has 1 aliphatic heterocycles. The van der Waals surface area contributed by atoms with Crippen molar-refractivity contribution >= 4 is 17.6 Å². The third kappa shape index (κ3) is 3.00. The van der Waals surface area contributed by atoms with Crippen molar-refractivity contribution in [2.24, 2.45) is 0 Å². The highest BCUT2D eigenvalue weighted by Gasteiger charge is 2.22. The molecule has 0 aliphatic carbocycles. The minimum atomic E-state index is -0.314. The third-order valence-corrected chi connectivity index (χ3v) is 4.20. The molecule has 2 aromatic carbocycles. The summed E-state index contributed by atoms with van der Waals surface area (Å²) in [4.78, 5) is 11.0. The van der Waals surface area contributed by atoms with E-state index in [1.54, 1.807) is 12.1 Å². The van der Waals surface area contributed by atoms with Gasteiger partial charge in [-0.05, 0) is 61.2 Å². The number of hydrogen-bond acceptors (Lipinski definition) is 3. The van der Waals surface area contributed by atoms with Crippen molar-refractivity contribution in [3.05, 3.63) is 58.7 Å². The standard InChI is InChI=1S/C20H20O3/c1-12-5-6-17-11-19(14(3)22-20(17)13(12)2)16-7-9-18(10-8-16)23-15(4)21/h5-11,14H,1-4H3. The van der Waals surface area contributed by atoms with Crippen LogP contribution in [0.1, 0.15) is 36.1 Å². The van der Waals surface area contributed by atoms with Gasteiger partial charge in [-0.2, -0.15) is 0 Å². The first kappa shape index (κ1) is 15.3. The molecule has 1 atom stereocenters. The van der Waals surface area contributed by atoms with E-state index >= 15 is 0 Å². The molecule has 2 aromatic rings.